The molecule has 0 N–H and O–H groups in total. The maximum atomic E-state index is 13.1. The Balaban J connectivity index is 1.50. The summed E-state index contributed by atoms with van der Waals surface area (Å²) in [5.41, 5.74) is 2.85. The highest BCUT2D eigenvalue weighted by Gasteiger charge is 2.41. The predicted octanol–water partition coefficient (Wildman–Crippen LogP) is 3.16. The van der Waals surface area contributed by atoms with Crippen LogP contribution in [0.3, 0.4) is 0 Å². The van der Waals surface area contributed by atoms with Crippen LogP contribution in [0.25, 0.3) is 5.57 Å². The average molecular weight is 410 g/mol. The Hall–Kier alpha value is -2.84. The summed E-state index contributed by atoms with van der Waals surface area (Å²) in [6, 6.07) is 13.0. The summed E-state index contributed by atoms with van der Waals surface area (Å²) in [5.74, 6) is 0.904. The van der Waals surface area contributed by atoms with Crippen LogP contribution in [-0.2, 0) is 16.1 Å². The molecular formula is C20H14N2O4S2. The van der Waals surface area contributed by atoms with Crippen LogP contribution in [0.4, 0.5) is 5.69 Å². The van der Waals surface area contributed by atoms with Gasteiger partial charge in [-0.25, -0.2) is 0 Å². The van der Waals surface area contributed by atoms with E-state index in [1.54, 1.807) is 11.9 Å². The summed E-state index contributed by atoms with van der Waals surface area (Å²) in [5, 5.41) is 0. The number of ether oxygens (including phenoxy) is 2. The molecule has 3 aliphatic heterocycles. The smallest absolute Gasteiger partial charge is 0.267 e. The van der Waals surface area contributed by atoms with Gasteiger partial charge in [0.05, 0.1) is 22.7 Å². The molecule has 0 aromatic heterocycles. The molecule has 3 aliphatic rings. The Morgan fingerprint density at radius 2 is 1.86 bits per heavy atom. The highest BCUT2D eigenvalue weighted by molar-refractivity contribution is 8.26. The lowest BCUT2D eigenvalue weighted by molar-refractivity contribution is -0.122. The standard InChI is InChI=1S/C20H14N2O4S2/c1-21-13-5-3-2-4-12(13)16(18(21)23)17-19(24)22(20(27)28-17)9-11-6-7-14-15(8-11)26-10-25-14/h2-8H,9-10H2,1H3. The number of hydrogen-bond acceptors (Lipinski definition) is 6. The molecule has 140 valence electrons. The first-order valence-electron chi connectivity index (χ1n) is 8.58. The van der Waals surface area contributed by atoms with Gasteiger partial charge in [-0.2, -0.15) is 0 Å². The number of hydrogen-bond donors (Lipinski definition) is 0. The molecule has 28 heavy (non-hydrogen) atoms. The van der Waals surface area contributed by atoms with E-state index in [9.17, 15) is 9.59 Å². The van der Waals surface area contributed by atoms with Gasteiger partial charge in [0.1, 0.15) is 4.32 Å². The van der Waals surface area contributed by atoms with Gasteiger partial charge in [-0.1, -0.05) is 48.2 Å². The molecule has 2 aromatic carbocycles. The molecule has 0 unspecified atom stereocenters. The number of likely N-dealkylation sites (N-methyl/N-ethyl adjacent to an activating group) is 1. The first-order chi connectivity index (χ1) is 13.5. The molecule has 1 fully saturated rings. The number of rotatable bonds is 2. The molecule has 8 heteroatoms. The summed E-state index contributed by atoms with van der Waals surface area (Å²) < 4.78 is 11.2. The SMILES string of the molecule is CN1C(=O)C(=C2SC(=S)N(Cc3ccc4c(c3)OCO4)C2=O)c2ccccc21. The van der Waals surface area contributed by atoms with Crippen molar-refractivity contribution in [2.75, 3.05) is 18.7 Å². The normalized spacial score (nSPS) is 20.4. The van der Waals surface area contributed by atoms with Crippen molar-refractivity contribution < 1.29 is 19.1 Å². The highest BCUT2D eigenvalue weighted by Crippen LogP contribution is 2.44. The van der Waals surface area contributed by atoms with Gasteiger partial charge in [-0.15, -0.1) is 0 Å². The van der Waals surface area contributed by atoms with Crippen molar-refractivity contribution in [2.24, 2.45) is 0 Å². The number of carbonyl (C=O) groups excluding carboxylic acids is 2. The zero-order valence-corrected chi connectivity index (χ0v) is 16.4. The van der Waals surface area contributed by atoms with E-state index in [1.165, 1.54) is 16.7 Å². The van der Waals surface area contributed by atoms with Gasteiger partial charge in [-0.3, -0.25) is 14.5 Å². The Morgan fingerprint density at radius 1 is 1.07 bits per heavy atom. The van der Waals surface area contributed by atoms with Gasteiger partial charge in [0.25, 0.3) is 11.8 Å². The quantitative estimate of drug-likeness (QED) is 0.560. The molecule has 6 nitrogen and oxygen atoms in total. The number of anilines is 1. The summed E-state index contributed by atoms with van der Waals surface area (Å²) in [4.78, 5) is 29.4. The minimum atomic E-state index is -0.249. The summed E-state index contributed by atoms with van der Waals surface area (Å²) in [7, 11) is 1.71. The zero-order chi connectivity index (χ0) is 19.4. The van der Waals surface area contributed by atoms with Gasteiger partial charge in [0, 0.05) is 12.6 Å². The van der Waals surface area contributed by atoms with Gasteiger partial charge < -0.3 is 14.4 Å². The second-order valence-corrected chi connectivity index (χ2v) is 8.18. The number of fused-ring (bicyclic) bond motifs is 2. The van der Waals surface area contributed by atoms with Gasteiger partial charge in [0.2, 0.25) is 6.79 Å². The number of benzene rings is 2. The fraction of sp³-hybridized carbons (Fsp3) is 0.150. The van der Waals surface area contributed by atoms with Crippen LogP contribution in [0, 0.1) is 0 Å². The molecule has 1 saturated heterocycles. The number of amides is 2. The number of carbonyl (C=O) groups is 2. The van der Waals surface area contributed by atoms with Gasteiger partial charge in [-0.05, 0) is 23.8 Å². The summed E-state index contributed by atoms with van der Waals surface area (Å²) in [6.07, 6.45) is 0. The predicted molar refractivity (Wildman–Crippen MR) is 110 cm³/mol. The lowest BCUT2D eigenvalue weighted by atomic mass is 10.1. The van der Waals surface area contributed by atoms with Crippen molar-refractivity contribution in [2.45, 2.75) is 6.54 Å². The highest BCUT2D eigenvalue weighted by atomic mass is 32.2. The van der Waals surface area contributed by atoms with Crippen LogP contribution in [0.5, 0.6) is 11.5 Å². The number of thiocarbonyl (C=S) groups is 1. The Bertz CT molecular complexity index is 1100. The third-order valence-electron chi connectivity index (χ3n) is 4.91. The maximum Gasteiger partial charge on any atom is 0.267 e. The second-order valence-electron chi connectivity index (χ2n) is 6.53. The molecule has 2 aromatic rings. The molecule has 0 saturated carbocycles. The van der Waals surface area contributed by atoms with Crippen molar-refractivity contribution in [1.82, 2.24) is 4.90 Å². The van der Waals surface area contributed by atoms with E-state index in [-0.39, 0.29) is 18.6 Å². The molecule has 0 aliphatic carbocycles. The van der Waals surface area contributed by atoms with Crippen molar-refractivity contribution in [3.8, 4) is 11.5 Å². The van der Waals surface area contributed by atoms with Gasteiger partial charge >= 0.3 is 0 Å². The summed E-state index contributed by atoms with van der Waals surface area (Å²) >= 11 is 6.63. The van der Waals surface area contributed by atoms with E-state index in [0.717, 1.165) is 16.8 Å². The van der Waals surface area contributed by atoms with E-state index < -0.39 is 0 Å². The molecule has 0 spiro atoms. The Kier molecular flexibility index (Phi) is 3.92. The van der Waals surface area contributed by atoms with E-state index in [2.05, 4.69) is 0 Å². The van der Waals surface area contributed by atoms with Crippen LogP contribution in [0.15, 0.2) is 47.4 Å². The second kappa shape index (κ2) is 6.35. The van der Waals surface area contributed by atoms with Gasteiger partial charge in [0.15, 0.2) is 11.5 Å². The Labute approximate surface area is 170 Å². The van der Waals surface area contributed by atoms with E-state index in [0.29, 0.717) is 32.8 Å². The fourth-order valence-electron chi connectivity index (χ4n) is 3.50. The minimum Gasteiger partial charge on any atom is -0.454 e. The minimum absolute atomic E-state index is 0.190. The van der Waals surface area contributed by atoms with Crippen LogP contribution < -0.4 is 14.4 Å². The van der Waals surface area contributed by atoms with Crippen LogP contribution in [0.2, 0.25) is 0 Å². The van der Waals surface area contributed by atoms with E-state index in [4.69, 9.17) is 21.7 Å². The van der Waals surface area contributed by atoms with Crippen molar-refractivity contribution >= 4 is 51.4 Å². The molecule has 2 amide bonds. The number of nitrogens with zero attached hydrogens (tertiary/aromatic N) is 2. The van der Waals surface area contributed by atoms with Crippen molar-refractivity contribution in [1.29, 1.82) is 0 Å². The number of para-hydroxylation sites is 1. The third-order valence-corrected chi connectivity index (χ3v) is 6.36. The van der Waals surface area contributed by atoms with E-state index >= 15 is 0 Å². The van der Waals surface area contributed by atoms with Crippen LogP contribution in [0.1, 0.15) is 11.1 Å². The van der Waals surface area contributed by atoms with Crippen molar-refractivity contribution in [3.63, 3.8) is 0 Å². The molecule has 0 radical (unpaired) electrons. The largest absolute Gasteiger partial charge is 0.454 e. The average Bonchev–Trinajstić information content (AvgIpc) is 3.34. The summed E-state index contributed by atoms with van der Waals surface area (Å²) in [6.45, 7) is 0.505. The molecule has 5 rings (SSSR count). The monoisotopic (exact) mass is 410 g/mol. The zero-order valence-electron chi connectivity index (χ0n) is 14.8. The first kappa shape index (κ1) is 17.3. The van der Waals surface area contributed by atoms with E-state index in [1.807, 2.05) is 42.5 Å². The lowest BCUT2D eigenvalue weighted by Gasteiger charge is -2.15. The molecular weight excluding hydrogens is 396 g/mol. The lowest BCUT2D eigenvalue weighted by Crippen LogP contribution is -2.28. The maximum absolute atomic E-state index is 13.1. The van der Waals surface area contributed by atoms with Crippen LogP contribution in [-0.4, -0.2) is 34.9 Å². The fourth-order valence-corrected chi connectivity index (χ4v) is 4.82. The van der Waals surface area contributed by atoms with Crippen LogP contribution >= 0.6 is 24.0 Å². The molecule has 3 heterocycles. The Morgan fingerprint density at radius 3 is 2.71 bits per heavy atom. The topological polar surface area (TPSA) is 59.1 Å². The first-order valence-corrected chi connectivity index (χ1v) is 9.81. The molecule has 0 bridgehead atoms. The number of thioether (sulfide) groups is 1. The molecule has 0 atom stereocenters. The van der Waals surface area contributed by atoms with Crippen molar-refractivity contribution in [3.05, 3.63) is 58.5 Å². The third kappa shape index (κ3) is 2.52.